The molecule has 0 radical (unpaired) electrons. The van der Waals surface area contributed by atoms with Gasteiger partial charge in [-0.2, -0.15) is 5.10 Å². The first-order valence-corrected chi connectivity index (χ1v) is 6.17. The van der Waals surface area contributed by atoms with Crippen molar-refractivity contribution in [1.29, 1.82) is 0 Å². The van der Waals surface area contributed by atoms with E-state index in [1.54, 1.807) is 18.7 Å². The fourth-order valence-electron chi connectivity index (χ4n) is 1.62. The Bertz CT molecular complexity index is 654. The Balaban J connectivity index is 2.46. The molecule has 7 nitrogen and oxygen atoms in total. The van der Waals surface area contributed by atoms with Crippen molar-refractivity contribution in [3.63, 3.8) is 0 Å². The third kappa shape index (κ3) is 2.58. The van der Waals surface area contributed by atoms with Gasteiger partial charge in [0, 0.05) is 23.8 Å². The number of pyridine rings is 1. The Morgan fingerprint density at radius 1 is 1.47 bits per heavy atom. The number of nitrogens with zero attached hydrogens (tertiary/aromatic N) is 4. The summed E-state index contributed by atoms with van der Waals surface area (Å²) in [7, 11) is 1.78. The lowest BCUT2D eigenvalue weighted by molar-refractivity contribution is -0.386. The smallest absolute Gasteiger partial charge is 0.332 e. The Morgan fingerprint density at radius 3 is 2.68 bits per heavy atom. The van der Waals surface area contributed by atoms with Crippen LogP contribution < -0.4 is 4.74 Å². The minimum atomic E-state index is -0.534. The van der Waals surface area contributed by atoms with Gasteiger partial charge in [-0.3, -0.25) is 14.8 Å². The second kappa shape index (κ2) is 4.96. The Labute approximate surface area is 117 Å². The third-order valence-corrected chi connectivity index (χ3v) is 3.07. The maximum absolute atomic E-state index is 11.0. The molecule has 0 aromatic carbocycles. The zero-order valence-electron chi connectivity index (χ0n) is 10.5. The molecule has 0 saturated heterocycles. The summed E-state index contributed by atoms with van der Waals surface area (Å²) in [5.41, 5.74) is 1.23. The van der Waals surface area contributed by atoms with Crippen molar-refractivity contribution < 1.29 is 9.66 Å². The van der Waals surface area contributed by atoms with E-state index < -0.39 is 4.92 Å². The molecule has 0 unspecified atom stereocenters. The van der Waals surface area contributed by atoms with Gasteiger partial charge in [0.1, 0.15) is 5.69 Å². The number of rotatable bonds is 3. The first-order valence-electron chi connectivity index (χ1n) is 5.38. The number of halogens is 1. The number of ether oxygens (including phenoxy) is 1. The van der Waals surface area contributed by atoms with E-state index in [2.05, 4.69) is 26.0 Å². The summed E-state index contributed by atoms with van der Waals surface area (Å²) in [6.07, 6.45) is 1.45. The van der Waals surface area contributed by atoms with Gasteiger partial charge in [-0.15, -0.1) is 0 Å². The lowest BCUT2D eigenvalue weighted by Gasteiger charge is -2.05. The van der Waals surface area contributed by atoms with Gasteiger partial charge in [-0.05, 0) is 29.8 Å². The first kappa shape index (κ1) is 13.5. The zero-order valence-corrected chi connectivity index (χ0v) is 12.1. The Kier molecular flexibility index (Phi) is 3.52. The second-order valence-electron chi connectivity index (χ2n) is 3.96. The molecule has 0 N–H and O–H groups in total. The molecule has 8 heteroatoms. The highest BCUT2D eigenvalue weighted by atomic mass is 79.9. The van der Waals surface area contributed by atoms with Gasteiger partial charge < -0.3 is 4.74 Å². The van der Waals surface area contributed by atoms with Crippen molar-refractivity contribution in [2.75, 3.05) is 0 Å². The molecule has 0 aliphatic heterocycles. The molecule has 0 aliphatic rings. The second-order valence-corrected chi connectivity index (χ2v) is 4.88. The lowest BCUT2D eigenvalue weighted by atomic mass is 10.3. The van der Waals surface area contributed by atoms with E-state index in [-0.39, 0.29) is 11.6 Å². The van der Waals surface area contributed by atoms with Crippen LogP contribution in [-0.4, -0.2) is 19.7 Å². The molecule has 100 valence electrons. The van der Waals surface area contributed by atoms with E-state index in [9.17, 15) is 10.1 Å². The van der Waals surface area contributed by atoms with E-state index in [0.29, 0.717) is 15.9 Å². The third-order valence-electron chi connectivity index (χ3n) is 2.64. The number of hydrogen-bond donors (Lipinski definition) is 0. The summed E-state index contributed by atoms with van der Waals surface area (Å²) in [6, 6.07) is 1.35. The van der Waals surface area contributed by atoms with Crippen LogP contribution in [0, 0.1) is 24.0 Å². The summed E-state index contributed by atoms with van der Waals surface area (Å²) in [6.45, 7) is 3.59. The number of nitro groups is 1. The number of aromatic nitrogens is 3. The predicted molar refractivity (Wildman–Crippen MR) is 71.3 cm³/mol. The zero-order chi connectivity index (χ0) is 14.2. The van der Waals surface area contributed by atoms with E-state index in [1.165, 1.54) is 12.3 Å². The summed E-state index contributed by atoms with van der Waals surface area (Å²) in [5.74, 6) is 0.438. The Hall–Kier alpha value is -1.96. The Morgan fingerprint density at radius 2 is 2.16 bits per heavy atom. The highest BCUT2D eigenvalue weighted by Gasteiger charge is 2.21. The quantitative estimate of drug-likeness (QED) is 0.639. The van der Waals surface area contributed by atoms with Crippen LogP contribution in [0.2, 0.25) is 0 Å². The predicted octanol–water partition coefficient (Wildman–Crippen LogP) is 2.89. The van der Waals surface area contributed by atoms with Gasteiger partial charge in [0.2, 0.25) is 0 Å². The van der Waals surface area contributed by atoms with Crippen LogP contribution in [0.5, 0.6) is 11.6 Å². The number of hydrogen-bond acceptors (Lipinski definition) is 5. The summed E-state index contributed by atoms with van der Waals surface area (Å²) < 4.78 is 7.72. The molecule has 0 atom stereocenters. The van der Waals surface area contributed by atoms with Gasteiger partial charge >= 0.3 is 5.69 Å². The average Bonchev–Trinajstić information content (AvgIpc) is 2.57. The van der Waals surface area contributed by atoms with E-state index in [4.69, 9.17) is 4.74 Å². The molecular weight excluding hydrogens is 316 g/mol. The van der Waals surface area contributed by atoms with Crippen LogP contribution in [0.3, 0.4) is 0 Å². The maximum Gasteiger partial charge on any atom is 0.332 e. The fraction of sp³-hybridized carbons (Fsp3) is 0.273. The van der Waals surface area contributed by atoms with Gasteiger partial charge in [-0.1, -0.05) is 0 Å². The van der Waals surface area contributed by atoms with Crippen molar-refractivity contribution in [3.05, 3.63) is 38.2 Å². The van der Waals surface area contributed by atoms with E-state index in [0.717, 1.165) is 5.69 Å². The molecule has 0 saturated carbocycles. The molecule has 19 heavy (non-hydrogen) atoms. The van der Waals surface area contributed by atoms with Crippen molar-refractivity contribution in [1.82, 2.24) is 14.8 Å². The minimum absolute atomic E-state index is 0.0487. The normalized spacial score (nSPS) is 10.5. The van der Waals surface area contributed by atoms with Crippen LogP contribution in [-0.2, 0) is 7.05 Å². The van der Waals surface area contributed by atoms with Crippen molar-refractivity contribution in [2.24, 2.45) is 7.05 Å². The van der Waals surface area contributed by atoms with Crippen LogP contribution in [0.4, 0.5) is 5.69 Å². The van der Waals surface area contributed by atoms with Crippen molar-refractivity contribution in [2.45, 2.75) is 13.8 Å². The molecule has 2 heterocycles. The molecule has 2 aromatic rings. The first-order chi connectivity index (χ1) is 8.90. The SMILES string of the molecule is Cc1nn(C)c(C)c1Oc1ncc(Br)cc1[N+](=O)[O-]. The van der Waals surface area contributed by atoms with Crippen molar-refractivity contribution in [3.8, 4) is 11.6 Å². The van der Waals surface area contributed by atoms with Gasteiger partial charge in [-0.25, -0.2) is 4.98 Å². The standard InChI is InChI=1S/C11H11BrN4O3/c1-6-10(7(2)15(3)14-6)19-11-9(16(17)18)4-8(12)5-13-11/h4-5H,1-3H3. The molecular formula is C11H11BrN4O3. The van der Waals surface area contributed by atoms with Crippen LogP contribution in [0.15, 0.2) is 16.7 Å². The molecule has 2 rings (SSSR count). The van der Waals surface area contributed by atoms with E-state index >= 15 is 0 Å². The molecule has 0 bridgehead atoms. The molecule has 0 fully saturated rings. The summed E-state index contributed by atoms with van der Waals surface area (Å²) >= 11 is 3.14. The highest BCUT2D eigenvalue weighted by molar-refractivity contribution is 9.10. The summed E-state index contributed by atoms with van der Waals surface area (Å²) in [5, 5.41) is 15.2. The maximum atomic E-state index is 11.0. The fourth-order valence-corrected chi connectivity index (χ4v) is 1.94. The van der Waals surface area contributed by atoms with Crippen LogP contribution in [0.1, 0.15) is 11.4 Å². The molecule has 0 aliphatic carbocycles. The minimum Gasteiger partial charge on any atom is -0.430 e. The lowest BCUT2D eigenvalue weighted by Crippen LogP contribution is -1.97. The van der Waals surface area contributed by atoms with Gasteiger partial charge in [0.15, 0.2) is 5.75 Å². The monoisotopic (exact) mass is 326 g/mol. The van der Waals surface area contributed by atoms with Crippen LogP contribution >= 0.6 is 15.9 Å². The summed E-state index contributed by atoms with van der Waals surface area (Å²) in [4.78, 5) is 14.4. The molecule has 0 amide bonds. The van der Waals surface area contributed by atoms with Gasteiger partial charge in [0.25, 0.3) is 5.88 Å². The molecule has 2 aromatic heterocycles. The topological polar surface area (TPSA) is 83.1 Å². The van der Waals surface area contributed by atoms with E-state index in [1.807, 2.05) is 6.92 Å². The number of aryl methyl sites for hydroxylation is 2. The van der Waals surface area contributed by atoms with Crippen LogP contribution in [0.25, 0.3) is 0 Å². The molecule has 0 spiro atoms. The average molecular weight is 327 g/mol. The van der Waals surface area contributed by atoms with Crippen molar-refractivity contribution >= 4 is 21.6 Å². The van der Waals surface area contributed by atoms with Gasteiger partial charge in [0.05, 0.1) is 10.6 Å². The highest BCUT2D eigenvalue weighted by Crippen LogP contribution is 2.33. The largest absolute Gasteiger partial charge is 0.430 e.